The van der Waals surface area contributed by atoms with Crippen LogP contribution in [0, 0.1) is 11.3 Å². The highest BCUT2D eigenvalue weighted by molar-refractivity contribution is 5.78. The predicted octanol–water partition coefficient (Wildman–Crippen LogP) is 1.68. The highest BCUT2D eigenvalue weighted by Crippen LogP contribution is 2.37. The van der Waals surface area contributed by atoms with Crippen LogP contribution in [0.3, 0.4) is 0 Å². The third-order valence-electron chi connectivity index (χ3n) is 4.30. The van der Waals surface area contributed by atoms with E-state index in [-0.39, 0.29) is 12.6 Å². The van der Waals surface area contributed by atoms with Gasteiger partial charge in [0.15, 0.2) is 0 Å². The highest BCUT2D eigenvalue weighted by Gasteiger charge is 2.41. The van der Waals surface area contributed by atoms with Crippen molar-refractivity contribution in [2.75, 3.05) is 19.6 Å². The molecule has 2 fully saturated rings. The average molecular weight is 254 g/mol. The second kappa shape index (κ2) is 5.16. The summed E-state index contributed by atoms with van der Waals surface area (Å²) in [6.07, 6.45) is 4.29. The van der Waals surface area contributed by atoms with Crippen LogP contribution in [0.5, 0.6) is 0 Å². The standard InChI is InChI=1S/C13H22N2O3/c1-10-4-7-15(8-10)12(18)14-9-13(11(16)17)5-2-3-6-13/h10H,2-9H2,1H3,(H,14,18)(H,16,17). The van der Waals surface area contributed by atoms with Crippen molar-refractivity contribution in [1.29, 1.82) is 0 Å². The summed E-state index contributed by atoms with van der Waals surface area (Å²) in [4.78, 5) is 25.1. The number of nitrogens with one attached hydrogen (secondary N) is 1. The first-order valence-electron chi connectivity index (χ1n) is 6.80. The molecule has 0 aromatic carbocycles. The van der Waals surface area contributed by atoms with Crippen LogP contribution in [0.4, 0.5) is 4.79 Å². The number of rotatable bonds is 3. The van der Waals surface area contributed by atoms with Gasteiger partial charge in [0.2, 0.25) is 0 Å². The smallest absolute Gasteiger partial charge is 0.317 e. The lowest BCUT2D eigenvalue weighted by Crippen LogP contribution is -2.46. The highest BCUT2D eigenvalue weighted by atomic mass is 16.4. The summed E-state index contributed by atoms with van der Waals surface area (Å²) < 4.78 is 0. The predicted molar refractivity (Wildman–Crippen MR) is 67.3 cm³/mol. The van der Waals surface area contributed by atoms with Gasteiger partial charge in [0.25, 0.3) is 0 Å². The first kappa shape index (κ1) is 13.2. The average Bonchev–Trinajstić information content (AvgIpc) is 2.95. The third kappa shape index (κ3) is 2.60. The minimum Gasteiger partial charge on any atom is -0.481 e. The van der Waals surface area contributed by atoms with E-state index in [9.17, 15) is 14.7 Å². The molecule has 0 aromatic rings. The summed E-state index contributed by atoms with van der Waals surface area (Å²) in [6, 6.07) is -0.105. The van der Waals surface area contributed by atoms with Crippen LogP contribution in [0.1, 0.15) is 39.0 Å². The van der Waals surface area contributed by atoms with Crippen LogP contribution in [-0.4, -0.2) is 41.6 Å². The normalized spacial score (nSPS) is 26.3. The molecule has 0 spiro atoms. The van der Waals surface area contributed by atoms with E-state index in [0.29, 0.717) is 18.8 Å². The van der Waals surface area contributed by atoms with Crippen LogP contribution >= 0.6 is 0 Å². The molecule has 18 heavy (non-hydrogen) atoms. The molecular formula is C13H22N2O3. The molecular weight excluding hydrogens is 232 g/mol. The van der Waals surface area contributed by atoms with E-state index in [0.717, 1.165) is 32.4 Å². The summed E-state index contributed by atoms with van der Waals surface area (Å²) in [5.41, 5.74) is -0.721. The third-order valence-corrected chi connectivity index (χ3v) is 4.30. The first-order valence-corrected chi connectivity index (χ1v) is 6.80. The topological polar surface area (TPSA) is 69.6 Å². The maximum absolute atomic E-state index is 11.9. The maximum Gasteiger partial charge on any atom is 0.317 e. The Balaban J connectivity index is 1.86. The Hall–Kier alpha value is -1.26. The van der Waals surface area contributed by atoms with Gasteiger partial charge in [-0.05, 0) is 25.2 Å². The summed E-state index contributed by atoms with van der Waals surface area (Å²) in [5.74, 6) is -0.217. The van der Waals surface area contributed by atoms with Gasteiger partial charge in [-0.1, -0.05) is 19.8 Å². The minimum absolute atomic E-state index is 0.105. The van der Waals surface area contributed by atoms with E-state index in [2.05, 4.69) is 12.2 Å². The van der Waals surface area contributed by atoms with E-state index in [1.54, 1.807) is 4.90 Å². The van der Waals surface area contributed by atoms with Gasteiger partial charge in [-0.2, -0.15) is 0 Å². The van der Waals surface area contributed by atoms with Gasteiger partial charge in [0.1, 0.15) is 0 Å². The Bertz CT molecular complexity index is 337. The monoisotopic (exact) mass is 254 g/mol. The molecule has 1 saturated heterocycles. The van der Waals surface area contributed by atoms with Gasteiger partial charge in [-0.3, -0.25) is 4.79 Å². The van der Waals surface area contributed by atoms with Gasteiger partial charge < -0.3 is 15.3 Å². The number of amides is 2. The van der Waals surface area contributed by atoms with Crippen molar-refractivity contribution in [2.45, 2.75) is 39.0 Å². The number of hydrogen-bond donors (Lipinski definition) is 2. The quantitative estimate of drug-likeness (QED) is 0.805. The molecule has 102 valence electrons. The lowest BCUT2D eigenvalue weighted by Gasteiger charge is -2.26. The van der Waals surface area contributed by atoms with Gasteiger partial charge in [0, 0.05) is 19.6 Å². The molecule has 1 aliphatic heterocycles. The Morgan fingerprint density at radius 1 is 1.39 bits per heavy atom. The number of carbonyl (C=O) groups is 2. The van der Waals surface area contributed by atoms with Gasteiger partial charge in [-0.15, -0.1) is 0 Å². The second-order valence-electron chi connectivity index (χ2n) is 5.79. The van der Waals surface area contributed by atoms with E-state index >= 15 is 0 Å². The molecule has 1 atom stereocenters. The van der Waals surface area contributed by atoms with Crippen LogP contribution in [0.25, 0.3) is 0 Å². The molecule has 1 aliphatic carbocycles. The number of urea groups is 1. The molecule has 2 N–H and O–H groups in total. The molecule has 0 radical (unpaired) electrons. The first-order chi connectivity index (χ1) is 8.53. The minimum atomic E-state index is -0.768. The molecule has 2 rings (SSSR count). The van der Waals surface area contributed by atoms with Crippen molar-refractivity contribution in [2.24, 2.45) is 11.3 Å². The van der Waals surface area contributed by atoms with Crippen molar-refractivity contribution >= 4 is 12.0 Å². The zero-order valence-electron chi connectivity index (χ0n) is 10.9. The van der Waals surface area contributed by atoms with Crippen LogP contribution in [0.2, 0.25) is 0 Å². The summed E-state index contributed by atoms with van der Waals surface area (Å²) in [7, 11) is 0. The van der Waals surface area contributed by atoms with Gasteiger partial charge in [-0.25, -0.2) is 4.79 Å². The number of likely N-dealkylation sites (tertiary alicyclic amines) is 1. The van der Waals surface area contributed by atoms with Crippen molar-refractivity contribution in [1.82, 2.24) is 10.2 Å². The molecule has 2 aliphatic rings. The zero-order chi connectivity index (χ0) is 13.2. The fourth-order valence-corrected chi connectivity index (χ4v) is 2.99. The maximum atomic E-state index is 11.9. The zero-order valence-corrected chi connectivity index (χ0v) is 10.9. The van der Waals surface area contributed by atoms with Crippen molar-refractivity contribution in [3.05, 3.63) is 0 Å². The number of aliphatic carboxylic acids is 1. The summed E-state index contributed by atoms with van der Waals surface area (Å²) >= 11 is 0. The Labute approximate surface area is 108 Å². The fourth-order valence-electron chi connectivity index (χ4n) is 2.99. The molecule has 1 heterocycles. The molecule has 1 unspecified atom stereocenters. The van der Waals surface area contributed by atoms with Crippen LogP contribution in [0.15, 0.2) is 0 Å². The summed E-state index contributed by atoms with van der Waals surface area (Å²) in [5, 5.41) is 12.1. The Morgan fingerprint density at radius 3 is 2.56 bits per heavy atom. The fraction of sp³-hybridized carbons (Fsp3) is 0.846. The van der Waals surface area contributed by atoms with E-state index in [4.69, 9.17) is 0 Å². The lowest BCUT2D eigenvalue weighted by molar-refractivity contribution is -0.148. The molecule has 2 amide bonds. The Kier molecular flexibility index (Phi) is 3.78. The SMILES string of the molecule is CC1CCN(C(=O)NCC2(C(=O)O)CCCC2)C1. The number of nitrogens with zero attached hydrogens (tertiary/aromatic N) is 1. The molecule has 5 heteroatoms. The van der Waals surface area contributed by atoms with Crippen molar-refractivity contribution in [3.63, 3.8) is 0 Å². The van der Waals surface area contributed by atoms with Gasteiger partial charge in [0.05, 0.1) is 5.41 Å². The number of carbonyl (C=O) groups excluding carboxylic acids is 1. The molecule has 0 bridgehead atoms. The van der Waals surface area contributed by atoms with Crippen molar-refractivity contribution < 1.29 is 14.7 Å². The van der Waals surface area contributed by atoms with E-state index in [1.807, 2.05) is 0 Å². The lowest BCUT2D eigenvalue weighted by atomic mass is 9.86. The van der Waals surface area contributed by atoms with Gasteiger partial charge >= 0.3 is 12.0 Å². The molecule has 5 nitrogen and oxygen atoms in total. The molecule has 0 aromatic heterocycles. The molecule has 1 saturated carbocycles. The number of hydrogen-bond acceptors (Lipinski definition) is 2. The Morgan fingerprint density at radius 2 is 2.06 bits per heavy atom. The van der Waals surface area contributed by atoms with Crippen molar-refractivity contribution in [3.8, 4) is 0 Å². The second-order valence-corrected chi connectivity index (χ2v) is 5.79. The largest absolute Gasteiger partial charge is 0.481 e. The number of carboxylic acid groups (broad SMARTS) is 1. The van der Waals surface area contributed by atoms with E-state index < -0.39 is 11.4 Å². The summed E-state index contributed by atoms with van der Waals surface area (Å²) in [6.45, 7) is 3.97. The van der Waals surface area contributed by atoms with E-state index in [1.165, 1.54) is 0 Å². The number of carboxylic acids is 1. The van der Waals surface area contributed by atoms with Crippen LogP contribution < -0.4 is 5.32 Å². The van der Waals surface area contributed by atoms with Crippen LogP contribution in [-0.2, 0) is 4.79 Å².